The SMILES string of the molecule is Oc1ccc(Br)cc1-c1nc(N2CCCCC2)no1. The number of rotatable bonds is 2. The van der Waals surface area contributed by atoms with E-state index in [2.05, 4.69) is 31.0 Å². The van der Waals surface area contributed by atoms with Gasteiger partial charge in [0.25, 0.3) is 11.8 Å². The molecule has 0 saturated carbocycles. The Balaban J connectivity index is 1.89. The van der Waals surface area contributed by atoms with Crippen molar-refractivity contribution in [2.75, 3.05) is 18.0 Å². The summed E-state index contributed by atoms with van der Waals surface area (Å²) in [4.78, 5) is 6.49. The summed E-state index contributed by atoms with van der Waals surface area (Å²) in [7, 11) is 0. The summed E-state index contributed by atoms with van der Waals surface area (Å²) in [6, 6.07) is 5.13. The van der Waals surface area contributed by atoms with Gasteiger partial charge in [-0.2, -0.15) is 4.98 Å². The number of aromatic nitrogens is 2. The second kappa shape index (κ2) is 5.21. The normalized spacial score (nSPS) is 15.7. The maximum absolute atomic E-state index is 9.85. The summed E-state index contributed by atoms with van der Waals surface area (Å²) >= 11 is 3.37. The van der Waals surface area contributed by atoms with Gasteiger partial charge in [0.2, 0.25) is 0 Å². The van der Waals surface area contributed by atoms with Crippen LogP contribution < -0.4 is 4.90 Å². The predicted molar refractivity (Wildman–Crippen MR) is 75.2 cm³/mol. The third-order valence-corrected chi connectivity index (χ3v) is 3.74. The number of piperidine rings is 1. The standard InChI is InChI=1S/C13H14BrN3O2/c14-9-4-5-11(18)10(8-9)12-15-13(16-19-12)17-6-2-1-3-7-17/h4-5,8,18H,1-3,6-7H2. The monoisotopic (exact) mass is 323 g/mol. The zero-order valence-corrected chi connectivity index (χ0v) is 11.9. The molecule has 1 aliphatic rings. The van der Waals surface area contributed by atoms with Crippen LogP contribution in [-0.4, -0.2) is 28.3 Å². The summed E-state index contributed by atoms with van der Waals surface area (Å²) in [6.07, 6.45) is 3.58. The fourth-order valence-electron chi connectivity index (χ4n) is 2.23. The molecule has 6 heteroatoms. The maximum atomic E-state index is 9.85. The number of halogens is 1. The first kappa shape index (κ1) is 12.5. The second-order valence-electron chi connectivity index (χ2n) is 4.61. The molecular formula is C13H14BrN3O2. The molecule has 0 radical (unpaired) electrons. The molecule has 0 unspecified atom stereocenters. The van der Waals surface area contributed by atoms with Crippen LogP contribution in [0.1, 0.15) is 19.3 Å². The van der Waals surface area contributed by atoms with Gasteiger partial charge in [0, 0.05) is 17.6 Å². The van der Waals surface area contributed by atoms with Crippen molar-refractivity contribution in [3.63, 3.8) is 0 Å². The van der Waals surface area contributed by atoms with Crippen molar-refractivity contribution in [2.45, 2.75) is 19.3 Å². The van der Waals surface area contributed by atoms with Gasteiger partial charge in [-0.15, -0.1) is 0 Å². The van der Waals surface area contributed by atoms with Crippen LogP contribution in [-0.2, 0) is 0 Å². The van der Waals surface area contributed by atoms with Crippen LogP contribution in [0.5, 0.6) is 5.75 Å². The topological polar surface area (TPSA) is 62.4 Å². The Bertz CT molecular complexity index is 579. The van der Waals surface area contributed by atoms with Gasteiger partial charge >= 0.3 is 0 Å². The highest BCUT2D eigenvalue weighted by Gasteiger charge is 2.19. The molecule has 3 rings (SSSR count). The highest BCUT2D eigenvalue weighted by atomic mass is 79.9. The van der Waals surface area contributed by atoms with Crippen LogP contribution in [0.3, 0.4) is 0 Å². The van der Waals surface area contributed by atoms with Crippen LogP contribution in [0.15, 0.2) is 27.2 Å². The van der Waals surface area contributed by atoms with Gasteiger partial charge in [-0.25, -0.2) is 0 Å². The Morgan fingerprint density at radius 1 is 1.21 bits per heavy atom. The van der Waals surface area contributed by atoms with Gasteiger partial charge in [-0.3, -0.25) is 0 Å². The van der Waals surface area contributed by atoms with Gasteiger partial charge < -0.3 is 14.5 Å². The van der Waals surface area contributed by atoms with E-state index in [0.29, 0.717) is 17.4 Å². The largest absolute Gasteiger partial charge is 0.507 e. The van der Waals surface area contributed by atoms with Gasteiger partial charge in [-0.1, -0.05) is 15.9 Å². The van der Waals surface area contributed by atoms with Crippen LogP contribution in [0.2, 0.25) is 0 Å². The number of aromatic hydroxyl groups is 1. The van der Waals surface area contributed by atoms with E-state index in [-0.39, 0.29) is 5.75 Å². The molecule has 1 aromatic carbocycles. The number of anilines is 1. The number of hydrogen-bond acceptors (Lipinski definition) is 5. The Hall–Kier alpha value is -1.56. The highest BCUT2D eigenvalue weighted by Crippen LogP contribution is 2.31. The fraction of sp³-hybridized carbons (Fsp3) is 0.385. The summed E-state index contributed by atoms with van der Waals surface area (Å²) in [5, 5.41) is 13.8. The second-order valence-corrected chi connectivity index (χ2v) is 5.52. The van der Waals surface area contributed by atoms with Crippen molar-refractivity contribution in [3.8, 4) is 17.2 Å². The van der Waals surface area contributed by atoms with Crippen LogP contribution in [0.4, 0.5) is 5.95 Å². The van der Waals surface area contributed by atoms with Crippen LogP contribution >= 0.6 is 15.9 Å². The molecule has 1 saturated heterocycles. The van der Waals surface area contributed by atoms with E-state index in [4.69, 9.17) is 4.52 Å². The number of hydrogen-bond donors (Lipinski definition) is 1. The van der Waals surface area contributed by atoms with E-state index < -0.39 is 0 Å². The molecule has 0 bridgehead atoms. The molecule has 100 valence electrons. The van der Waals surface area contributed by atoms with Gasteiger partial charge in [0.05, 0.1) is 5.56 Å². The summed E-state index contributed by atoms with van der Waals surface area (Å²) in [5.74, 6) is 1.09. The Kier molecular flexibility index (Phi) is 3.42. The van der Waals surface area contributed by atoms with Crippen molar-refractivity contribution in [1.29, 1.82) is 0 Å². The van der Waals surface area contributed by atoms with Crippen molar-refractivity contribution < 1.29 is 9.63 Å². The molecular weight excluding hydrogens is 310 g/mol. The van der Waals surface area contributed by atoms with E-state index in [1.165, 1.54) is 6.42 Å². The molecule has 5 nitrogen and oxygen atoms in total. The number of nitrogens with zero attached hydrogens (tertiary/aromatic N) is 3. The number of phenols is 1. The molecule has 2 aromatic rings. The first-order valence-electron chi connectivity index (χ1n) is 6.31. The number of phenolic OH excluding ortho intramolecular Hbond substituents is 1. The minimum absolute atomic E-state index is 0.136. The lowest BCUT2D eigenvalue weighted by atomic mass is 10.1. The molecule has 1 aliphatic heterocycles. The van der Waals surface area contributed by atoms with E-state index >= 15 is 0 Å². The summed E-state index contributed by atoms with van der Waals surface area (Å²) in [5.41, 5.74) is 0.546. The lowest BCUT2D eigenvalue weighted by molar-refractivity contribution is 0.421. The quantitative estimate of drug-likeness (QED) is 0.919. The Morgan fingerprint density at radius 3 is 2.79 bits per heavy atom. The predicted octanol–water partition coefficient (Wildman–Crippen LogP) is 3.20. The average molecular weight is 324 g/mol. The van der Waals surface area contributed by atoms with E-state index in [9.17, 15) is 5.11 Å². The van der Waals surface area contributed by atoms with E-state index in [1.807, 2.05) is 0 Å². The molecule has 0 amide bonds. The summed E-state index contributed by atoms with van der Waals surface area (Å²) < 4.78 is 6.12. The minimum Gasteiger partial charge on any atom is -0.507 e. The minimum atomic E-state index is 0.136. The molecule has 1 fully saturated rings. The lowest BCUT2D eigenvalue weighted by Gasteiger charge is -2.24. The zero-order valence-electron chi connectivity index (χ0n) is 10.3. The molecule has 19 heavy (non-hydrogen) atoms. The van der Waals surface area contributed by atoms with E-state index in [1.54, 1.807) is 18.2 Å². The third-order valence-electron chi connectivity index (χ3n) is 3.24. The van der Waals surface area contributed by atoms with Crippen molar-refractivity contribution in [3.05, 3.63) is 22.7 Å². The number of benzene rings is 1. The van der Waals surface area contributed by atoms with E-state index in [0.717, 1.165) is 30.4 Å². The van der Waals surface area contributed by atoms with Gasteiger partial charge in [0.15, 0.2) is 0 Å². The third kappa shape index (κ3) is 2.58. The lowest BCUT2D eigenvalue weighted by Crippen LogP contribution is -2.30. The first-order chi connectivity index (χ1) is 9.24. The van der Waals surface area contributed by atoms with Crippen molar-refractivity contribution in [1.82, 2.24) is 10.1 Å². The van der Waals surface area contributed by atoms with Crippen molar-refractivity contribution >= 4 is 21.9 Å². The van der Waals surface area contributed by atoms with Gasteiger partial charge in [0.1, 0.15) is 5.75 Å². The highest BCUT2D eigenvalue weighted by molar-refractivity contribution is 9.10. The van der Waals surface area contributed by atoms with Gasteiger partial charge in [-0.05, 0) is 42.6 Å². The molecule has 0 atom stereocenters. The fourth-order valence-corrected chi connectivity index (χ4v) is 2.59. The van der Waals surface area contributed by atoms with Crippen molar-refractivity contribution in [2.24, 2.45) is 0 Å². The first-order valence-corrected chi connectivity index (χ1v) is 7.11. The van der Waals surface area contributed by atoms with Crippen LogP contribution in [0, 0.1) is 0 Å². The maximum Gasteiger partial charge on any atom is 0.266 e. The Morgan fingerprint density at radius 2 is 2.00 bits per heavy atom. The van der Waals surface area contributed by atoms with Crippen LogP contribution in [0.25, 0.3) is 11.5 Å². The average Bonchev–Trinajstić information content (AvgIpc) is 2.92. The molecule has 0 spiro atoms. The smallest absolute Gasteiger partial charge is 0.266 e. The molecule has 1 N–H and O–H groups in total. The zero-order chi connectivity index (χ0) is 13.2. The summed E-state index contributed by atoms with van der Waals surface area (Å²) in [6.45, 7) is 1.92. The Labute approximate surface area is 119 Å². The molecule has 2 heterocycles. The molecule has 0 aliphatic carbocycles. The molecule has 1 aromatic heterocycles.